The van der Waals surface area contributed by atoms with Crippen LogP contribution < -0.4 is 19.8 Å². The first-order chi connectivity index (χ1) is 17.2. The molecule has 1 aliphatic rings. The number of benzene rings is 2. The van der Waals surface area contributed by atoms with E-state index in [9.17, 15) is 14.4 Å². The number of rotatable bonds is 6. The smallest absolute Gasteiger partial charge is 0.338 e. The molecule has 3 aromatic rings. The summed E-state index contributed by atoms with van der Waals surface area (Å²) >= 11 is 1.25. The van der Waals surface area contributed by atoms with E-state index in [0.717, 1.165) is 16.8 Å². The second kappa shape index (κ2) is 10.3. The molecule has 0 spiro atoms. The first-order valence-electron chi connectivity index (χ1n) is 11.4. The van der Waals surface area contributed by atoms with Crippen LogP contribution in [0.3, 0.4) is 0 Å². The van der Waals surface area contributed by atoms with Gasteiger partial charge in [0.2, 0.25) is 0 Å². The summed E-state index contributed by atoms with van der Waals surface area (Å²) in [4.78, 5) is 45.4. The van der Waals surface area contributed by atoms with E-state index < -0.39 is 18.0 Å². The number of carbonyl (C=O) groups is 2. The Morgan fingerprint density at radius 2 is 1.75 bits per heavy atom. The Balaban J connectivity index is 1.87. The van der Waals surface area contributed by atoms with Gasteiger partial charge in [-0.1, -0.05) is 35.6 Å². The van der Waals surface area contributed by atoms with Crippen LogP contribution in [-0.2, 0) is 14.3 Å². The molecule has 0 fully saturated rings. The third-order valence-corrected chi connectivity index (χ3v) is 6.85. The summed E-state index contributed by atoms with van der Waals surface area (Å²) < 4.78 is 12.1. The summed E-state index contributed by atoms with van der Waals surface area (Å²) in [5, 5.41) is 0. The number of fused-ring (bicyclic) bond motifs is 1. The zero-order valence-corrected chi connectivity index (χ0v) is 21.6. The van der Waals surface area contributed by atoms with Crippen LogP contribution in [0.1, 0.15) is 41.4 Å². The fourth-order valence-corrected chi connectivity index (χ4v) is 5.09. The van der Waals surface area contributed by atoms with Crippen LogP contribution in [0.2, 0.25) is 0 Å². The lowest BCUT2D eigenvalue weighted by molar-refractivity contribution is -0.139. The van der Waals surface area contributed by atoms with E-state index >= 15 is 0 Å². The number of anilines is 1. The summed E-state index contributed by atoms with van der Waals surface area (Å²) in [6, 6.07) is 13.9. The maximum absolute atomic E-state index is 13.7. The Bertz CT molecular complexity index is 1510. The molecule has 0 amide bonds. The van der Waals surface area contributed by atoms with Gasteiger partial charge in [0, 0.05) is 19.8 Å². The average Bonchev–Trinajstić information content (AvgIpc) is 3.17. The third-order valence-electron chi connectivity index (χ3n) is 5.87. The lowest BCUT2D eigenvalue weighted by Crippen LogP contribution is -2.39. The Hall–Kier alpha value is -3.98. The zero-order valence-electron chi connectivity index (χ0n) is 20.8. The first kappa shape index (κ1) is 25.1. The molecule has 9 heteroatoms. The van der Waals surface area contributed by atoms with E-state index in [1.807, 2.05) is 43.3 Å². The number of allylic oxidation sites excluding steroid dienone is 1. The minimum Gasteiger partial charge on any atom is -0.465 e. The maximum Gasteiger partial charge on any atom is 0.338 e. The number of hydrogen-bond donors (Lipinski definition) is 0. The van der Waals surface area contributed by atoms with E-state index in [4.69, 9.17) is 9.47 Å². The average molecular weight is 506 g/mol. The van der Waals surface area contributed by atoms with Gasteiger partial charge in [-0.2, -0.15) is 0 Å². The van der Waals surface area contributed by atoms with Gasteiger partial charge in [-0.05, 0) is 55.3 Å². The highest BCUT2D eigenvalue weighted by molar-refractivity contribution is 7.07. The van der Waals surface area contributed by atoms with Crippen molar-refractivity contribution in [3.05, 3.63) is 96.2 Å². The molecule has 4 rings (SSSR count). The number of hydrogen-bond acceptors (Lipinski definition) is 8. The molecule has 2 aromatic carbocycles. The fourth-order valence-electron chi connectivity index (χ4n) is 4.05. The van der Waals surface area contributed by atoms with Gasteiger partial charge in [0.1, 0.15) is 0 Å². The molecule has 0 saturated heterocycles. The molecule has 1 aromatic heterocycles. The largest absolute Gasteiger partial charge is 0.465 e. The van der Waals surface area contributed by atoms with Crippen LogP contribution in [0.5, 0.6) is 0 Å². The molecule has 0 unspecified atom stereocenters. The van der Waals surface area contributed by atoms with Crippen LogP contribution in [-0.4, -0.2) is 44.3 Å². The van der Waals surface area contributed by atoms with Crippen molar-refractivity contribution < 1.29 is 19.1 Å². The van der Waals surface area contributed by atoms with Crippen molar-refractivity contribution in [3.63, 3.8) is 0 Å². The van der Waals surface area contributed by atoms with E-state index in [1.165, 1.54) is 18.4 Å². The molecule has 0 radical (unpaired) electrons. The molecule has 0 bridgehead atoms. The summed E-state index contributed by atoms with van der Waals surface area (Å²) in [5.41, 5.74) is 3.56. The highest BCUT2D eigenvalue weighted by atomic mass is 32.1. The number of aromatic nitrogens is 1. The molecular formula is C27H27N3O5S. The van der Waals surface area contributed by atoms with Crippen molar-refractivity contribution in [2.24, 2.45) is 4.99 Å². The van der Waals surface area contributed by atoms with Crippen molar-refractivity contribution in [1.82, 2.24) is 4.57 Å². The monoisotopic (exact) mass is 505 g/mol. The molecule has 0 saturated carbocycles. The number of ether oxygens (including phenoxy) is 2. The van der Waals surface area contributed by atoms with Gasteiger partial charge in [0.25, 0.3) is 5.56 Å². The fraction of sp³-hybridized carbons (Fsp3) is 0.259. The number of carbonyl (C=O) groups excluding carboxylic acids is 2. The Morgan fingerprint density at radius 3 is 2.33 bits per heavy atom. The van der Waals surface area contributed by atoms with Gasteiger partial charge in [-0.15, -0.1) is 0 Å². The first-order valence-corrected chi connectivity index (χ1v) is 12.2. The van der Waals surface area contributed by atoms with Gasteiger partial charge in [0.15, 0.2) is 4.80 Å². The van der Waals surface area contributed by atoms with Crippen LogP contribution in [0.25, 0.3) is 6.08 Å². The second-order valence-electron chi connectivity index (χ2n) is 8.40. The molecule has 186 valence electrons. The molecule has 8 nitrogen and oxygen atoms in total. The predicted molar refractivity (Wildman–Crippen MR) is 139 cm³/mol. The topological polar surface area (TPSA) is 90.2 Å². The Labute approximate surface area is 212 Å². The van der Waals surface area contributed by atoms with Gasteiger partial charge in [-0.3, -0.25) is 9.36 Å². The van der Waals surface area contributed by atoms with E-state index in [0.29, 0.717) is 26.2 Å². The lowest BCUT2D eigenvalue weighted by Gasteiger charge is -2.25. The summed E-state index contributed by atoms with van der Waals surface area (Å²) in [6.07, 6.45) is 1.75. The van der Waals surface area contributed by atoms with Crippen molar-refractivity contribution in [2.75, 3.05) is 32.7 Å². The van der Waals surface area contributed by atoms with Gasteiger partial charge < -0.3 is 14.4 Å². The highest BCUT2D eigenvalue weighted by Gasteiger charge is 2.33. The minimum absolute atomic E-state index is 0.216. The highest BCUT2D eigenvalue weighted by Crippen LogP contribution is 2.31. The van der Waals surface area contributed by atoms with Crippen molar-refractivity contribution in [1.29, 1.82) is 0 Å². The molecule has 0 N–H and O–H groups in total. The quantitative estimate of drug-likeness (QED) is 0.479. The number of thiazole rings is 1. The van der Waals surface area contributed by atoms with Gasteiger partial charge in [-0.25, -0.2) is 14.6 Å². The van der Waals surface area contributed by atoms with Crippen LogP contribution >= 0.6 is 11.3 Å². The van der Waals surface area contributed by atoms with E-state index in [2.05, 4.69) is 4.99 Å². The molecule has 2 heterocycles. The molecule has 0 aliphatic carbocycles. The van der Waals surface area contributed by atoms with Gasteiger partial charge >= 0.3 is 11.9 Å². The van der Waals surface area contributed by atoms with Crippen molar-refractivity contribution in [2.45, 2.75) is 19.9 Å². The lowest BCUT2D eigenvalue weighted by atomic mass is 9.95. The van der Waals surface area contributed by atoms with Crippen LogP contribution in [0.4, 0.5) is 5.69 Å². The standard InChI is InChI=1S/C27H27N3O5S/c1-6-35-26(33)22-16(2)28-27-30(23(22)18-11-13-20(14-12-18)29(3)4)24(31)21(36-27)15-17-7-9-19(10-8-17)25(32)34-5/h7-15,23H,6H2,1-5H3/b21-15+/t23-/m1/s1. The van der Waals surface area contributed by atoms with Crippen LogP contribution in [0.15, 0.2) is 69.6 Å². The summed E-state index contributed by atoms with van der Waals surface area (Å²) in [5.74, 6) is -0.920. The predicted octanol–water partition coefficient (Wildman–Crippen LogP) is 2.65. The summed E-state index contributed by atoms with van der Waals surface area (Å²) in [7, 11) is 5.22. The van der Waals surface area contributed by atoms with Crippen molar-refractivity contribution in [3.8, 4) is 0 Å². The second-order valence-corrected chi connectivity index (χ2v) is 9.41. The molecule has 1 aliphatic heterocycles. The number of esters is 2. The van der Waals surface area contributed by atoms with Gasteiger partial charge in [0.05, 0.1) is 41.1 Å². The van der Waals surface area contributed by atoms with Crippen LogP contribution in [0, 0.1) is 0 Å². The number of nitrogens with zero attached hydrogens (tertiary/aromatic N) is 3. The Morgan fingerprint density at radius 1 is 1.08 bits per heavy atom. The van der Waals surface area contributed by atoms with E-state index in [1.54, 1.807) is 48.8 Å². The third kappa shape index (κ3) is 4.74. The SMILES string of the molecule is CCOC(=O)C1=C(C)N=c2s/c(=C/c3ccc(C(=O)OC)cc3)c(=O)n2[C@@H]1c1ccc(N(C)C)cc1. The van der Waals surface area contributed by atoms with E-state index in [-0.39, 0.29) is 12.2 Å². The molecular weight excluding hydrogens is 478 g/mol. The normalized spacial score (nSPS) is 15.2. The minimum atomic E-state index is -0.666. The molecule has 36 heavy (non-hydrogen) atoms. The summed E-state index contributed by atoms with van der Waals surface area (Å²) in [6.45, 7) is 3.72. The zero-order chi connectivity index (χ0) is 26.0. The number of methoxy groups -OCH3 is 1. The Kier molecular flexibility index (Phi) is 7.21. The molecule has 1 atom stereocenters. The van der Waals surface area contributed by atoms with Crippen molar-refractivity contribution >= 4 is 35.0 Å². The maximum atomic E-state index is 13.7.